The van der Waals surface area contributed by atoms with E-state index in [0.29, 0.717) is 18.0 Å². The molecule has 1 aromatic heterocycles. The molecule has 3 nitrogen and oxygen atoms in total. The number of benzene rings is 1. The zero-order valence-corrected chi connectivity index (χ0v) is 11.8. The first kappa shape index (κ1) is 14.0. The molecule has 1 aromatic carbocycles. The topological polar surface area (TPSA) is 43.8 Å². The normalized spacial score (nSPS) is 12.7. The van der Waals surface area contributed by atoms with Gasteiger partial charge in [0.2, 0.25) is 0 Å². The van der Waals surface area contributed by atoms with Crippen molar-refractivity contribution in [3.63, 3.8) is 0 Å². The van der Waals surface area contributed by atoms with Crippen LogP contribution in [0.2, 0.25) is 5.02 Å². The zero-order valence-electron chi connectivity index (χ0n) is 11.0. The molecule has 1 heterocycles. The largest absolute Gasteiger partial charge is 0.330 e. The first-order valence-electron chi connectivity index (χ1n) is 6.16. The van der Waals surface area contributed by atoms with E-state index in [2.05, 4.69) is 5.10 Å². The Morgan fingerprint density at radius 1 is 1.37 bits per heavy atom. The third-order valence-corrected chi connectivity index (χ3v) is 3.82. The second-order valence-corrected chi connectivity index (χ2v) is 5.04. The molecule has 1 unspecified atom stereocenters. The van der Waals surface area contributed by atoms with Gasteiger partial charge in [0.1, 0.15) is 5.82 Å². The Kier molecular flexibility index (Phi) is 4.22. The lowest BCUT2D eigenvalue weighted by Gasteiger charge is -2.15. The molecule has 0 saturated carbocycles. The lowest BCUT2D eigenvalue weighted by Crippen LogP contribution is -2.16. The summed E-state index contributed by atoms with van der Waals surface area (Å²) in [5.74, 6) is -0.137. The van der Waals surface area contributed by atoms with Crippen molar-refractivity contribution in [1.29, 1.82) is 0 Å². The van der Waals surface area contributed by atoms with E-state index in [1.54, 1.807) is 16.8 Å². The van der Waals surface area contributed by atoms with Crippen LogP contribution < -0.4 is 5.73 Å². The van der Waals surface area contributed by atoms with Gasteiger partial charge in [-0.2, -0.15) is 5.10 Å². The monoisotopic (exact) mass is 281 g/mol. The third kappa shape index (κ3) is 2.96. The maximum absolute atomic E-state index is 12.9. The van der Waals surface area contributed by atoms with E-state index in [1.165, 1.54) is 12.1 Å². The Bertz CT molecular complexity index is 563. The van der Waals surface area contributed by atoms with Crippen molar-refractivity contribution in [2.75, 3.05) is 6.54 Å². The van der Waals surface area contributed by atoms with Crippen molar-refractivity contribution in [1.82, 2.24) is 9.78 Å². The summed E-state index contributed by atoms with van der Waals surface area (Å²) < 4.78 is 14.7. The Labute approximate surface area is 117 Å². The van der Waals surface area contributed by atoms with Crippen molar-refractivity contribution in [2.45, 2.75) is 19.3 Å². The molecule has 2 aromatic rings. The molecule has 0 aliphatic carbocycles. The van der Waals surface area contributed by atoms with E-state index in [0.717, 1.165) is 17.0 Å². The fourth-order valence-corrected chi connectivity index (χ4v) is 2.44. The summed E-state index contributed by atoms with van der Waals surface area (Å²) in [6.07, 6.45) is 0.693. The average molecular weight is 282 g/mol. The van der Waals surface area contributed by atoms with Gasteiger partial charge >= 0.3 is 0 Å². The predicted octanol–water partition coefficient (Wildman–Crippen LogP) is 2.81. The second kappa shape index (κ2) is 5.72. The van der Waals surface area contributed by atoms with E-state index in [9.17, 15) is 4.39 Å². The molecule has 102 valence electrons. The van der Waals surface area contributed by atoms with Crippen molar-refractivity contribution in [2.24, 2.45) is 12.8 Å². The Hall–Kier alpha value is -1.39. The molecular formula is C14H17ClFN3. The van der Waals surface area contributed by atoms with Crippen LogP contribution in [-0.2, 0) is 13.5 Å². The molecule has 0 fully saturated rings. The number of halogens is 2. The first-order chi connectivity index (χ1) is 9.02. The minimum Gasteiger partial charge on any atom is -0.330 e. The van der Waals surface area contributed by atoms with Crippen LogP contribution in [0.1, 0.15) is 22.9 Å². The number of hydrogen-bond acceptors (Lipinski definition) is 2. The highest BCUT2D eigenvalue weighted by atomic mass is 35.5. The number of rotatable bonds is 4. The summed E-state index contributed by atoms with van der Waals surface area (Å²) in [5.41, 5.74) is 8.62. The molecule has 0 saturated heterocycles. The number of nitrogens with zero attached hydrogens (tertiary/aromatic N) is 2. The van der Waals surface area contributed by atoms with Crippen molar-refractivity contribution >= 4 is 11.6 Å². The predicted molar refractivity (Wildman–Crippen MR) is 74.9 cm³/mol. The number of aromatic nitrogens is 2. The average Bonchev–Trinajstić information content (AvgIpc) is 2.63. The van der Waals surface area contributed by atoms with Crippen LogP contribution in [0.3, 0.4) is 0 Å². The van der Waals surface area contributed by atoms with Crippen LogP contribution in [-0.4, -0.2) is 16.3 Å². The maximum atomic E-state index is 12.9. The fourth-order valence-electron chi connectivity index (χ4n) is 2.21. The lowest BCUT2D eigenvalue weighted by atomic mass is 9.94. The number of nitrogens with two attached hydrogens (primary N) is 1. The Morgan fingerprint density at radius 2 is 2.00 bits per heavy atom. The van der Waals surface area contributed by atoms with Gasteiger partial charge in [0.05, 0.1) is 16.4 Å². The molecule has 1 atom stereocenters. The standard InChI is InChI=1S/C14H17ClFN3/c1-9-14(15)13(19(2)18-9)7-11(8-17)10-3-5-12(16)6-4-10/h3-6,11H,7-8,17H2,1-2H3. The molecule has 2 rings (SSSR count). The summed E-state index contributed by atoms with van der Waals surface area (Å²) >= 11 is 6.24. The first-order valence-corrected chi connectivity index (χ1v) is 6.54. The molecule has 2 N–H and O–H groups in total. The minimum absolute atomic E-state index is 0.105. The van der Waals surface area contributed by atoms with E-state index in [4.69, 9.17) is 17.3 Å². The van der Waals surface area contributed by atoms with Crippen molar-refractivity contribution < 1.29 is 4.39 Å². The molecular weight excluding hydrogens is 265 g/mol. The van der Waals surface area contributed by atoms with Crippen LogP contribution in [0.15, 0.2) is 24.3 Å². The van der Waals surface area contributed by atoms with E-state index < -0.39 is 0 Å². The molecule has 5 heteroatoms. The quantitative estimate of drug-likeness (QED) is 0.936. The third-order valence-electron chi connectivity index (χ3n) is 3.33. The van der Waals surface area contributed by atoms with Gasteiger partial charge in [0.15, 0.2) is 0 Å². The van der Waals surface area contributed by atoms with Crippen LogP contribution in [0, 0.1) is 12.7 Å². The van der Waals surface area contributed by atoms with Gasteiger partial charge in [0.25, 0.3) is 0 Å². The number of hydrogen-bond donors (Lipinski definition) is 1. The molecule has 0 amide bonds. The lowest BCUT2D eigenvalue weighted by molar-refractivity contribution is 0.615. The second-order valence-electron chi connectivity index (χ2n) is 4.66. The maximum Gasteiger partial charge on any atom is 0.123 e. The summed E-state index contributed by atoms with van der Waals surface area (Å²) in [6.45, 7) is 2.35. The van der Waals surface area contributed by atoms with Crippen molar-refractivity contribution in [3.8, 4) is 0 Å². The van der Waals surface area contributed by atoms with Crippen LogP contribution in [0.5, 0.6) is 0 Å². The van der Waals surface area contributed by atoms with Gasteiger partial charge in [-0.25, -0.2) is 4.39 Å². The highest BCUT2D eigenvalue weighted by molar-refractivity contribution is 6.31. The highest BCUT2D eigenvalue weighted by Gasteiger charge is 2.17. The van der Waals surface area contributed by atoms with Crippen LogP contribution >= 0.6 is 11.6 Å². The Morgan fingerprint density at radius 3 is 2.47 bits per heavy atom. The molecule has 0 radical (unpaired) electrons. The van der Waals surface area contributed by atoms with Gasteiger partial charge in [-0.3, -0.25) is 4.68 Å². The summed E-state index contributed by atoms with van der Waals surface area (Å²) in [5, 5.41) is 4.97. The number of aryl methyl sites for hydroxylation is 2. The molecule has 19 heavy (non-hydrogen) atoms. The highest BCUT2D eigenvalue weighted by Crippen LogP contribution is 2.26. The SMILES string of the molecule is Cc1nn(C)c(CC(CN)c2ccc(F)cc2)c1Cl. The van der Waals surface area contributed by atoms with E-state index >= 15 is 0 Å². The molecule has 0 spiro atoms. The fraction of sp³-hybridized carbons (Fsp3) is 0.357. The minimum atomic E-state index is -0.242. The molecule has 0 bridgehead atoms. The van der Waals surface area contributed by atoms with Gasteiger partial charge in [0, 0.05) is 13.0 Å². The van der Waals surface area contributed by atoms with Gasteiger partial charge in [-0.1, -0.05) is 23.7 Å². The summed E-state index contributed by atoms with van der Waals surface area (Å²) in [6, 6.07) is 6.44. The molecule has 0 aliphatic rings. The van der Waals surface area contributed by atoms with Gasteiger partial charge in [-0.15, -0.1) is 0 Å². The summed E-state index contributed by atoms with van der Waals surface area (Å²) in [4.78, 5) is 0. The van der Waals surface area contributed by atoms with Crippen molar-refractivity contribution in [3.05, 3.63) is 52.1 Å². The Balaban J connectivity index is 2.26. The zero-order chi connectivity index (χ0) is 14.0. The smallest absolute Gasteiger partial charge is 0.123 e. The van der Waals surface area contributed by atoms with Crippen LogP contribution in [0.25, 0.3) is 0 Å². The van der Waals surface area contributed by atoms with E-state index in [-0.39, 0.29) is 11.7 Å². The van der Waals surface area contributed by atoms with Gasteiger partial charge in [-0.05, 0) is 37.6 Å². The molecule has 0 aliphatic heterocycles. The van der Waals surface area contributed by atoms with Crippen LogP contribution in [0.4, 0.5) is 4.39 Å². The summed E-state index contributed by atoms with van der Waals surface area (Å²) in [7, 11) is 1.87. The van der Waals surface area contributed by atoms with Gasteiger partial charge < -0.3 is 5.73 Å². The van der Waals surface area contributed by atoms with E-state index in [1.807, 2.05) is 14.0 Å².